The molecule has 0 unspecified atom stereocenters. The van der Waals surface area contributed by atoms with E-state index in [1.54, 1.807) is 23.0 Å². The van der Waals surface area contributed by atoms with E-state index in [0.717, 1.165) is 16.8 Å². The highest BCUT2D eigenvalue weighted by atomic mass is 19.1. The lowest BCUT2D eigenvalue weighted by atomic mass is 10.1. The van der Waals surface area contributed by atoms with Gasteiger partial charge in [0, 0.05) is 17.3 Å². The van der Waals surface area contributed by atoms with E-state index in [2.05, 4.69) is 23.3 Å². The fourth-order valence-electron chi connectivity index (χ4n) is 2.26. The van der Waals surface area contributed by atoms with Crippen molar-refractivity contribution in [3.05, 3.63) is 71.8 Å². The molecule has 0 aliphatic carbocycles. The minimum Gasteiger partial charge on any atom is -0.240 e. The number of benzene rings is 2. The number of aromatic nitrogens is 2. The highest BCUT2D eigenvalue weighted by Gasteiger charge is 2.08. The zero-order valence-electron chi connectivity index (χ0n) is 11.5. The monoisotopic (exact) mass is 266 g/mol. The normalized spacial score (nSPS) is 10.8. The second-order valence-corrected chi connectivity index (χ2v) is 4.94. The summed E-state index contributed by atoms with van der Waals surface area (Å²) in [5, 5.41) is 4.36. The van der Waals surface area contributed by atoms with Gasteiger partial charge in [-0.1, -0.05) is 30.3 Å². The highest BCUT2D eigenvalue weighted by Crippen LogP contribution is 2.24. The zero-order chi connectivity index (χ0) is 14.1. The molecule has 3 rings (SSSR count). The van der Waals surface area contributed by atoms with E-state index >= 15 is 0 Å². The summed E-state index contributed by atoms with van der Waals surface area (Å²) < 4.78 is 15.6. The molecule has 0 amide bonds. The van der Waals surface area contributed by atoms with Crippen LogP contribution in [-0.4, -0.2) is 9.78 Å². The predicted octanol–water partition coefficient (Wildman–Crippen LogP) is 4.30. The molecule has 2 aromatic carbocycles. The summed E-state index contributed by atoms with van der Waals surface area (Å²) >= 11 is 0. The van der Waals surface area contributed by atoms with Crippen LogP contribution in [0.4, 0.5) is 4.39 Å². The molecule has 1 aromatic heterocycles. The van der Waals surface area contributed by atoms with Crippen LogP contribution in [0.3, 0.4) is 0 Å². The smallest absolute Gasteiger partial charge is 0.131 e. The van der Waals surface area contributed by atoms with Crippen LogP contribution in [0.1, 0.15) is 11.1 Å². The molecule has 0 aliphatic rings. The van der Waals surface area contributed by atoms with Crippen molar-refractivity contribution >= 4 is 0 Å². The number of rotatable bonds is 2. The standard InChI is InChI=1S/C17H15FN2/c1-12-7-8-13(2)17(9-12)20-11-14(10-19-20)15-5-3-4-6-16(15)18/h3-11H,1-2H3. The average molecular weight is 266 g/mol. The van der Waals surface area contributed by atoms with E-state index in [0.29, 0.717) is 5.56 Å². The molecular weight excluding hydrogens is 251 g/mol. The molecule has 20 heavy (non-hydrogen) atoms. The summed E-state index contributed by atoms with van der Waals surface area (Å²) in [6, 6.07) is 13.0. The zero-order valence-corrected chi connectivity index (χ0v) is 11.5. The Morgan fingerprint density at radius 1 is 1.05 bits per heavy atom. The third-order valence-electron chi connectivity index (χ3n) is 3.38. The van der Waals surface area contributed by atoms with Gasteiger partial charge >= 0.3 is 0 Å². The van der Waals surface area contributed by atoms with E-state index < -0.39 is 0 Å². The Balaban J connectivity index is 2.07. The molecule has 0 saturated carbocycles. The summed E-state index contributed by atoms with van der Waals surface area (Å²) in [5.41, 5.74) is 4.69. The van der Waals surface area contributed by atoms with Gasteiger partial charge in [0.15, 0.2) is 0 Å². The lowest BCUT2D eigenvalue weighted by molar-refractivity contribution is 0.631. The number of aryl methyl sites for hydroxylation is 2. The van der Waals surface area contributed by atoms with Gasteiger partial charge in [0.2, 0.25) is 0 Å². The minimum atomic E-state index is -0.229. The molecule has 0 spiro atoms. The van der Waals surface area contributed by atoms with Crippen molar-refractivity contribution < 1.29 is 4.39 Å². The number of nitrogens with zero attached hydrogens (tertiary/aromatic N) is 2. The molecule has 3 aromatic rings. The van der Waals surface area contributed by atoms with Gasteiger partial charge in [-0.15, -0.1) is 0 Å². The maximum atomic E-state index is 13.8. The van der Waals surface area contributed by atoms with E-state index in [9.17, 15) is 4.39 Å². The summed E-state index contributed by atoms with van der Waals surface area (Å²) in [4.78, 5) is 0. The first-order chi connectivity index (χ1) is 9.65. The lowest BCUT2D eigenvalue weighted by Crippen LogP contribution is -1.97. The Morgan fingerprint density at radius 3 is 2.65 bits per heavy atom. The van der Waals surface area contributed by atoms with Crippen LogP contribution in [0.5, 0.6) is 0 Å². The fraction of sp³-hybridized carbons (Fsp3) is 0.118. The quantitative estimate of drug-likeness (QED) is 0.676. The largest absolute Gasteiger partial charge is 0.240 e. The summed E-state index contributed by atoms with van der Waals surface area (Å²) in [6.07, 6.45) is 3.56. The molecule has 0 aliphatic heterocycles. The van der Waals surface area contributed by atoms with Crippen molar-refractivity contribution in [2.75, 3.05) is 0 Å². The van der Waals surface area contributed by atoms with Crippen LogP contribution < -0.4 is 0 Å². The first kappa shape index (κ1) is 12.6. The second-order valence-electron chi connectivity index (χ2n) is 4.94. The molecule has 1 heterocycles. The van der Waals surface area contributed by atoms with Crippen LogP contribution >= 0.6 is 0 Å². The molecule has 2 nitrogen and oxygen atoms in total. The Labute approximate surface area is 117 Å². The summed E-state index contributed by atoms with van der Waals surface area (Å²) in [5.74, 6) is -0.229. The third kappa shape index (κ3) is 2.23. The van der Waals surface area contributed by atoms with E-state index in [1.807, 2.05) is 26.1 Å². The second kappa shape index (κ2) is 4.93. The van der Waals surface area contributed by atoms with Gasteiger partial charge in [-0.25, -0.2) is 9.07 Å². The molecule has 3 heteroatoms. The molecule has 0 fully saturated rings. The molecular formula is C17H15FN2. The van der Waals surface area contributed by atoms with E-state index in [-0.39, 0.29) is 5.82 Å². The van der Waals surface area contributed by atoms with Crippen LogP contribution in [0.2, 0.25) is 0 Å². The molecule has 0 saturated heterocycles. The molecule has 0 atom stereocenters. The molecule has 0 bridgehead atoms. The maximum absolute atomic E-state index is 13.8. The Morgan fingerprint density at radius 2 is 1.85 bits per heavy atom. The van der Waals surface area contributed by atoms with E-state index in [1.165, 1.54) is 11.6 Å². The fourth-order valence-corrected chi connectivity index (χ4v) is 2.26. The van der Waals surface area contributed by atoms with Crippen molar-refractivity contribution in [3.8, 4) is 16.8 Å². The maximum Gasteiger partial charge on any atom is 0.131 e. The van der Waals surface area contributed by atoms with Gasteiger partial charge in [0.25, 0.3) is 0 Å². The predicted molar refractivity (Wildman–Crippen MR) is 78.4 cm³/mol. The Kier molecular flexibility index (Phi) is 3.11. The van der Waals surface area contributed by atoms with Crippen LogP contribution in [0.25, 0.3) is 16.8 Å². The van der Waals surface area contributed by atoms with Gasteiger partial charge < -0.3 is 0 Å². The first-order valence-corrected chi connectivity index (χ1v) is 6.52. The van der Waals surface area contributed by atoms with Crippen LogP contribution in [0, 0.1) is 19.7 Å². The molecule has 0 N–H and O–H groups in total. The van der Waals surface area contributed by atoms with Gasteiger partial charge in [-0.05, 0) is 37.1 Å². The summed E-state index contributed by atoms with van der Waals surface area (Å²) in [6.45, 7) is 4.09. The number of halogens is 1. The highest BCUT2D eigenvalue weighted by molar-refractivity contribution is 5.63. The lowest BCUT2D eigenvalue weighted by Gasteiger charge is -2.06. The van der Waals surface area contributed by atoms with Crippen molar-refractivity contribution in [3.63, 3.8) is 0 Å². The first-order valence-electron chi connectivity index (χ1n) is 6.52. The number of hydrogen-bond acceptors (Lipinski definition) is 1. The molecule has 0 radical (unpaired) electrons. The van der Waals surface area contributed by atoms with Crippen molar-refractivity contribution in [1.29, 1.82) is 0 Å². The Bertz CT molecular complexity index is 759. The van der Waals surface area contributed by atoms with Crippen molar-refractivity contribution in [2.45, 2.75) is 13.8 Å². The third-order valence-corrected chi connectivity index (χ3v) is 3.38. The van der Waals surface area contributed by atoms with Gasteiger partial charge in [-0.3, -0.25) is 0 Å². The van der Waals surface area contributed by atoms with Crippen molar-refractivity contribution in [1.82, 2.24) is 9.78 Å². The van der Waals surface area contributed by atoms with Crippen LogP contribution in [0.15, 0.2) is 54.9 Å². The SMILES string of the molecule is Cc1ccc(C)c(-n2cc(-c3ccccc3F)cn2)c1. The molecule has 100 valence electrons. The van der Waals surface area contributed by atoms with Gasteiger partial charge in [-0.2, -0.15) is 5.10 Å². The topological polar surface area (TPSA) is 17.8 Å². The summed E-state index contributed by atoms with van der Waals surface area (Å²) in [7, 11) is 0. The minimum absolute atomic E-state index is 0.229. The Hall–Kier alpha value is -2.42. The average Bonchev–Trinajstić information content (AvgIpc) is 2.91. The number of hydrogen-bond donors (Lipinski definition) is 0. The van der Waals surface area contributed by atoms with Gasteiger partial charge in [0.05, 0.1) is 11.9 Å². The van der Waals surface area contributed by atoms with Gasteiger partial charge in [0.1, 0.15) is 5.82 Å². The van der Waals surface area contributed by atoms with E-state index in [4.69, 9.17) is 0 Å². The van der Waals surface area contributed by atoms with Crippen molar-refractivity contribution in [2.24, 2.45) is 0 Å². The van der Waals surface area contributed by atoms with Crippen LogP contribution in [-0.2, 0) is 0 Å².